The average molecular weight is 328 g/mol. The first kappa shape index (κ1) is 16.7. The maximum absolute atomic E-state index is 12.4. The number of benzene rings is 2. The molecular formula is C18H14ClNO3. The number of carbonyl (C=O) groups is 2. The highest BCUT2D eigenvalue weighted by Crippen LogP contribution is 2.25. The number of ketones is 1. The molecule has 1 atom stereocenters. The molecule has 0 aliphatic heterocycles. The molecule has 0 amide bonds. The van der Waals surface area contributed by atoms with E-state index in [-0.39, 0.29) is 22.8 Å². The van der Waals surface area contributed by atoms with Crippen LogP contribution in [0.15, 0.2) is 48.5 Å². The van der Waals surface area contributed by atoms with Gasteiger partial charge in [-0.3, -0.25) is 4.79 Å². The molecular weight excluding hydrogens is 314 g/mol. The largest absolute Gasteiger partial charge is 0.465 e. The Kier molecular flexibility index (Phi) is 5.51. The molecule has 0 aromatic heterocycles. The van der Waals surface area contributed by atoms with Crippen LogP contribution in [-0.2, 0) is 16.0 Å². The third-order valence-corrected chi connectivity index (χ3v) is 3.73. The molecule has 2 aromatic rings. The van der Waals surface area contributed by atoms with Crippen LogP contribution in [-0.4, -0.2) is 18.9 Å². The summed E-state index contributed by atoms with van der Waals surface area (Å²) in [6, 6.07) is 15.7. The smallest absolute Gasteiger partial charge is 0.339 e. The highest BCUT2D eigenvalue weighted by Gasteiger charge is 2.22. The Morgan fingerprint density at radius 1 is 1.22 bits per heavy atom. The summed E-state index contributed by atoms with van der Waals surface area (Å²) in [6.45, 7) is 0. The van der Waals surface area contributed by atoms with Crippen LogP contribution in [0.3, 0.4) is 0 Å². The lowest BCUT2D eigenvalue weighted by Gasteiger charge is -2.11. The van der Waals surface area contributed by atoms with Crippen molar-refractivity contribution in [1.82, 2.24) is 0 Å². The van der Waals surface area contributed by atoms with Gasteiger partial charge in [0.15, 0.2) is 5.78 Å². The number of carbonyl (C=O) groups excluding carboxylic acids is 2. The summed E-state index contributed by atoms with van der Waals surface area (Å²) >= 11 is 5.96. The Bertz CT molecular complexity index is 766. The second-order valence-electron chi connectivity index (χ2n) is 4.92. The summed E-state index contributed by atoms with van der Waals surface area (Å²) in [7, 11) is 1.24. The van der Waals surface area contributed by atoms with Crippen molar-refractivity contribution in [3.63, 3.8) is 0 Å². The molecule has 2 rings (SSSR count). The SMILES string of the molecule is COC(=O)c1cc(C(C#N)C(=O)Cc2ccccc2)ccc1Cl. The number of ether oxygens (including phenoxy) is 1. The Hall–Kier alpha value is -2.64. The fourth-order valence-electron chi connectivity index (χ4n) is 2.22. The molecule has 0 fully saturated rings. The number of hydrogen-bond acceptors (Lipinski definition) is 4. The van der Waals surface area contributed by atoms with Gasteiger partial charge in [-0.25, -0.2) is 4.79 Å². The highest BCUT2D eigenvalue weighted by atomic mass is 35.5. The minimum absolute atomic E-state index is 0.138. The Labute approximate surface area is 139 Å². The third-order valence-electron chi connectivity index (χ3n) is 3.40. The number of Topliss-reactive ketones (excluding diaryl/α,β-unsaturated/α-hetero) is 1. The minimum Gasteiger partial charge on any atom is -0.465 e. The van der Waals surface area contributed by atoms with Crippen molar-refractivity contribution in [2.45, 2.75) is 12.3 Å². The van der Waals surface area contributed by atoms with Crippen LogP contribution in [0.5, 0.6) is 0 Å². The molecule has 0 saturated carbocycles. The molecule has 0 aliphatic carbocycles. The molecule has 0 bridgehead atoms. The summed E-state index contributed by atoms with van der Waals surface area (Å²) in [6.07, 6.45) is 0.148. The van der Waals surface area contributed by atoms with Gasteiger partial charge in [0, 0.05) is 6.42 Å². The second-order valence-corrected chi connectivity index (χ2v) is 5.33. The Balaban J connectivity index is 2.29. The Morgan fingerprint density at radius 2 is 1.91 bits per heavy atom. The van der Waals surface area contributed by atoms with Gasteiger partial charge in [-0.1, -0.05) is 48.0 Å². The van der Waals surface area contributed by atoms with Crippen molar-refractivity contribution < 1.29 is 14.3 Å². The summed E-state index contributed by atoms with van der Waals surface area (Å²) in [4.78, 5) is 24.1. The van der Waals surface area contributed by atoms with Crippen molar-refractivity contribution in [3.8, 4) is 6.07 Å². The number of nitrogens with zero attached hydrogens (tertiary/aromatic N) is 1. The van der Waals surface area contributed by atoms with Crippen molar-refractivity contribution in [2.75, 3.05) is 7.11 Å². The van der Waals surface area contributed by atoms with E-state index in [0.717, 1.165) is 5.56 Å². The van der Waals surface area contributed by atoms with E-state index < -0.39 is 11.9 Å². The summed E-state index contributed by atoms with van der Waals surface area (Å²) < 4.78 is 4.65. The van der Waals surface area contributed by atoms with E-state index in [4.69, 9.17) is 11.6 Å². The molecule has 23 heavy (non-hydrogen) atoms. The lowest BCUT2D eigenvalue weighted by molar-refractivity contribution is -0.118. The van der Waals surface area contributed by atoms with Gasteiger partial charge in [-0.2, -0.15) is 5.26 Å². The van der Waals surface area contributed by atoms with Crippen molar-refractivity contribution >= 4 is 23.4 Å². The van der Waals surface area contributed by atoms with Crippen molar-refractivity contribution in [3.05, 3.63) is 70.2 Å². The molecule has 0 saturated heterocycles. The summed E-state index contributed by atoms with van der Waals surface area (Å²) in [5.74, 6) is -1.81. The zero-order chi connectivity index (χ0) is 16.8. The molecule has 1 unspecified atom stereocenters. The van der Waals surface area contributed by atoms with E-state index in [0.29, 0.717) is 5.56 Å². The molecule has 2 aromatic carbocycles. The monoisotopic (exact) mass is 327 g/mol. The standard InChI is InChI=1S/C18H14ClNO3/c1-23-18(22)14-10-13(7-8-16(14)19)15(11-20)17(21)9-12-5-3-2-4-6-12/h2-8,10,15H,9H2,1H3. The summed E-state index contributed by atoms with van der Waals surface area (Å²) in [5.41, 5.74) is 1.40. The van der Waals surface area contributed by atoms with E-state index in [2.05, 4.69) is 4.74 Å². The van der Waals surface area contributed by atoms with Gasteiger partial charge < -0.3 is 4.74 Å². The van der Waals surface area contributed by atoms with Crippen LogP contribution in [0.1, 0.15) is 27.4 Å². The average Bonchev–Trinajstić information content (AvgIpc) is 2.57. The molecule has 4 nitrogen and oxygen atoms in total. The zero-order valence-electron chi connectivity index (χ0n) is 12.5. The van der Waals surface area contributed by atoms with Crippen LogP contribution in [0.2, 0.25) is 5.02 Å². The van der Waals surface area contributed by atoms with Gasteiger partial charge in [0.25, 0.3) is 0 Å². The second kappa shape index (κ2) is 7.57. The Morgan fingerprint density at radius 3 is 2.52 bits per heavy atom. The normalized spacial score (nSPS) is 11.3. The lowest BCUT2D eigenvalue weighted by Crippen LogP contribution is -2.14. The number of methoxy groups -OCH3 is 1. The number of halogens is 1. The van der Waals surface area contributed by atoms with Gasteiger partial charge >= 0.3 is 5.97 Å². The van der Waals surface area contributed by atoms with Gasteiger partial charge in [0.2, 0.25) is 0 Å². The fourth-order valence-corrected chi connectivity index (χ4v) is 2.42. The van der Waals surface area contributed by atoms with Crippen LogP contribution in [0.4, 0.5) is 0 Å². The first-order valence-corrected chi connectivity index (χ1v) is 7.28. The van der Waals surface area contributed by atoms with E-state index in [9.17, 15) is 14.9 Å². The van der Waals surface area contributed by atoms with Crippen LogP contribution < -0.4 is 0 Å². The van der Waals surface area contributed by atoms with Gasteiger partial charge in [-0.15, -0.1) is 0 Å². The van der Waals surface area contributed by atoms with E-state index in [1.165, 1.54) is 19.2 Å². The highest BCUT2D eigenvalue weighted by molar-refractivity contribution is 6.33. The molecule has 0 heterocycles. The van der Waals surface area contributed by atoms with Crippen LogP contribution >= 0.6 is 11.6 Å². The van der Waals surface area contributed by atoms with Gasteiger partial charge in [0.1, 0.15) is 5.92 Å². The molecule has 116 valence electrons. The topological polar surface area (TPSA) is 67.2 Å². The molecule has 5 heteroatoms. The maximum atomic E-state index is 12.4. The number of rotatable bonds is 5. The van der Waals surface area contributed by atoms with Gasteiger partial charge in [-0.05, 0) is 23.3 Å². The summed E-state index contributed by atoms with van der Waals surface area (Å²) in [5, 5.41) is 9.58. The first-order valence-electron chi connectivity index (χ1n) is 6.91. The maximum Gasteiger partial charge on any atom is 0.339 e. The fraction of sp³-hybridized carbons (Fsp3) is 0.167. The van der Waals surface area contributed by atoms with E-state index in [1.807, 2.05) is 36.4 Å². The van der Waals surface area contributed by atoms with Crippen LogP contribution in [0, 0.1) is 11.3 Å². The predicted octanol–water partition coefficient (Wildman–Crippen LogP) is 3.55. The van der Waals surface area contributed by atoms with E-state index >= 15 is 0 Å². The zero-order valence-corrected chi connectivity index (χ0v) is 13.2. The quantitative estimate of drug-likeness (QED) is 0.788. The molecule has 0 aliphatic rings. The number of nitriles is 1. The van der Waals surface area contributed by atoms with Gasteiger partial charge in [0.05, 0.1) is 23.8 Å². The first-order chi connectivity index (χ1) is 11.1. The predicted molar refractivity (Wildman–Crippen MR) is 86.3 cm³/mol. The molecule has 0 N–H and O–H groups in total. The molecule has 0 spiro atoms. The van der Waals surface area contributed by atoms with Crippen LogP contribution in [0.25, 0.3) is 0 Å². The minimum atomic E-state index is -0.962. The number of hydrogen-bond donors (Lipinski definition) is 0. The van der Waals surface area contributed by atoms with Crippen molar-refractivity contribution in [1.29, 1.82) is 5.26 Å². The third kappa shape index (κ3) is 3.97. The number of esters is 1. The molecule has 0 radical (unpaired) electrons. The van der Waals surface area contributed by atoms with E-state index in [1.54, 1.807) is 6.07 Å². The van der Waals surface area contributed by atoms with Crippen molar-refractivity contribution in [2.24, 2.45) is 0 Å². The lowest BCUT2D eigenvalue weighted by atomic mass is 9.91.